The molecule has 0 spiro atoms. The molecule has 0 unspecified atom stereocenters. The molecule has 1 amide bonds. The van der Waals surface area contributed by atoms with Crippen LogP contribution in [0.2, 0.25) is 0 Å². The first kappa shape index (κ1) is 15.3. The van der Waals surface area contributed by atoms with Gasteiger partial charge in [0.25, 0.3) is 0 Å². The maximum Gasteiger partial charge on any atom is 0.224 e. The lowest BCUT2D eigenvalue weighted by atomic mass is 9.84. The van der Waals surface area contributed by atoms with Crippen LogP contribution < -0.4 is 10.2 Å². The molecule has 0 fully saturated rings. The van der Waals surface area contributed by atoms with E-state index < -0.39 is 0 Å². The molecule has 22 heavy (non-hydrogen) atoms. The number of hydrogen-bond donors (Lipinski definition) is 1. The van der Waals surface area contributed by atoms with Crippen LogP contribution in [-0.4, -0.2) is 25.0 Å². The van der Waals surface area contributed by atoms with Crippen LogP contribution in [0.5, 0.6) is 0 Å². The van der Waals surface area contributed by atoms with Gasteiger partial charge < -0.3 is 10.2 Å². The molecule has 0 aliphatic carbocycles. The van der Waals surface area contributed by atoms with E-state index in [2.05, 4.69) is 43.4 Å². The molecule has 0 radical (unpaired) electrons. The predicted molar refractivity (Wildman–Crippen MR) is 92.0 cm³/mol. The van der Waals surface area contributed by atoms with Crippen molar-refractivity contribution < 1.29 is 4.79 Å². The third kappa shape index (κ3) is 2.70. The summed E-state index contributed by atoms with van der Waals surface area (Å²) in [4.78, 5) is 14.2. The average Bonchev–Trinajstić information content (AvgIpc) is 2.53. The normalized spacial score (nSPS) is 24.7. The zero-order chi connectivity index (χ0) is 15.7. The van der Waals surface area contributed by atoms with Crippen LogP contribution in [0.4, 0.5) is 5.69 Å². The SMILES string of the molecule is CC[C@H]1[C@H](C)Cc2cc(C3=CCNCC3)ccc2N1C(C)=O. The highest BCUT2D eigenvalue weighted by Crippen LogP contribution is 2.37. The minimum Gasteiger partial charge on any atom is -0.313 e. The van der Waals surface area contributed by atoms with Gasteiger partial charge in [-0.2, -0.15) is 0 Å². The summed E-state index contributed by atoms with van der Waals surface area (Å²) >= 11 is 0. The van der Waals surface area contributed by atoms with Crippen LogP contribution in [0.3, 0.4) is 0 Å². The summed E-state index contributed by atoms with van der Waals surface area (Å²) < 4.78 is 0. The summed E-state index contributed by atoms with van der Waals surface area (Å²) in [7, 11) is 0. The molecule has 1 aromatic carbocycles. The second kappa shape index (κ2) is 6.25. The third-order valence-electron chi connectivity index (χ3n) is 5.06. The minimum absolute atomic E-state index is 0.161. The molecule has 0 bridgehead atoms. The van der Waals surface area contributed by atoms with Gasteiger partial charge in [-0.1, -0.05) is 26.0 Å². The minimum atomic E-state index is 0.161. The second-order valence-electron chi connectivity index (χ2n) is 6.57. The van der Waals surface area contributed by atoms with Crippen LogP contribution in [0.1, 0.15) is 44.7 Å². The van der Waals surface area contributed by atoms with Gasteiger partial charge in [0.15, 0.2) is 0 Å². The number of carbonyl (C=O) groups is 1. The molecular weight excluding hydrogens is 272 g/mol. The van der Waals surface area contributed by atoms with E-state index in [0.717, 1.165) is 38.0 Å². The fraction of sp³-hybridized carbons (Fsp3) is 0.526. The van der Waals surface area contributed by atoms with Gasteiger partial charge in [0.05, 0.1) is 0 Å². The monoisotopic (exact) mass is 298 g/mol. The van der Waals surface area contributed by atoms with E-state index in [1.807, 2.05) is 4.90 Å². The lowest BCUT2D eigenvalue weighted by Gasteiger charge is -2.40. The Morgan fingerprint density at radius 2 is 2.23 bits per heavy atom. The van der Waals surface area contributed by atoms with Crippen molar-refractivity contribution in [1.82, 2.24) is 5.32 Å². The average molecular weight is 298 g/mol. The maximum atomic E-state index is 12.2. The van der Waals surface area contributed by atoms with Crippen LogP contribution in [0.25, 0.3) is 5.57 Å². The van der Waals surface area contributed by atoms with Crippen molar-refractivity contribution in [2.75, 3.05) is 18.0 Å². The van der Waals surface area contributed by atoms with Gasteiger partial charge in [0, 0.05) is 25.2 Å². The van der Waals surface area contributed by atoms with Crippen molar-refractivity contribution in [1.29, 1.82) is 0 Å². The third-order valence-corrected chi connectivity index (χ3v) is 5.06. The molecule has 1 aromatic rings. The summed E-state index contributed by atoms with van der Waals surface area (Å²) in [5, 5.41) is 3.36. The maximum absolute atomic E-state index is 12.2. The van der Waals surface area contributed by atoms with Gasteiger partial charge in [-0.15, -0.1) is 0 Å². The highest BCUT2D eigenvalue weighted by Gasteiger charge is 2.33. The van der Waals surface area contributed by atoms with Gasteiger partial charge in [-0.05, 0) is 60.6 Å². The van der Waals surface area contributed by atoms with Gasteiger partial charge in [0.2, 0.25) is 5.91 Å². The van der Waals surface area contributed by atoms with Gasteiger partial charge >= 0.3 is 0 Å². The number of rotatable bonds is 2. The van der Waals surface area contributed by atoms with E-state index in [1.54, 1.807) is 6.92 Å². The smallest absolute Gasteiger partial charge is 0.224 e. The van der Waals surface area contributed by atoms with Crippen molar-refractivity contribution >= 4 is 17.2 Å². The molecule has 0 saturated heterocycles. The lowest BCUT2D eigenvalue weighted by Crippen LogP contribution is -2.46. The first-order chi connectivity index (χ1) is 10.6. The first-order valence-electron chi connectivity index (χ1n) is 8.44. The number of hydrogen-bond acceptors (Lipinski definition) is 2. The molecule has 3 heteroatoms. The molecule has 2 aliphatic rings. The van der Waals surface area contributed by atoms with Crippen molar-refractivity contribution in [2.45, 2.75) is 46.1 Å². The Bertz CT molecular complexity index is 605. The Morgan fingerprint density at radius 1 is 1.41 bits per heavy atom. The van der Waals surface area contributed by atoms with E-state index in [1.165, 1.54) is 16.7 Å². The molecule has 118 valence electrons. The van der Waals surface area contributed by atoms with Crippen LogP contribution >= 0.6 is 0 Å². The highest BCUT2D eigenvalue weighted by molar-refractivity contribution is 5.94. The summed E-state index contributed by atoms with van der Waals surface area (Å²) in [6.07, 6.45) is 5.45. The summed E-state index contributed by atoms with van der Waals surface area (Å²) in [6, 6.07) is 6.98. The van der Waals surface area contributed by atoms with E-state index in [9.17, 15) is 4.79 Å². The molecule has 3 rings (SSSR count). The molecule has 2 heterocycles. The Morgan fingerprint density at radius 3 is 2.86 bits per heavy atom. The number of nitrogens with one attached hydrogen (secondary N) is 1. The molecule has 1 N–H and O–H groups in total. The molecule has 2 atom stereocenters. The quantitative estimate of drug-likeness (QED) is 0.907. The number of nitrogens with zero attached hydrogens (tertiary/aromatic N) is 1. The Hall–Kier alpha value is -1.61. The predicted octanol–water partition coefficient (Wildman–Crippen LogP) is 3.39. The number of amides is 1. The number of anilines is 1. The van der Waals surface area contributed by atoms with E-state index in [0.29, 0.717) is 12.0 Å². The van der Waals surface area contributed by atoms with E-state index >= 15 is 0 Å². The zero-order valence-electron chi connectivity index (χ0n) is 13.9. The van der Waals surface area contributed by atoms with E-state index in [-0.39, 0.29) is 5.91 Å². The summed E-state index contributed by atoms with van der Waals surface area (Å²) in [5.74, 6) is 0.673. The fourth-order valence-corrected chi connectivity index (χ4v) is 3.97. The summed E-state index contributed by atoms with van der Waals surface area (Å²) in [6.45, 7) is 8.14. The Balaban J connectivity index is 2.00. The van der Waals surface area contributed by atoms with Gasteiger partial charge in [0.1, 0.15) is 0 Å². The van der Waals surface area contributed by atoms with Crippen LogP contribution in [0, 0.1) is 5.92 Å². The van der Waals surface area contributed by atoms with E-state index in [4.69, 9.17) is 0 Å². The molecule has 0 aromatic heterocycles. The number of benzene rings is 1. The Kier molecular flexibility index (Phi) is 4.34. The van der Waals surface area contributed by atoms with Crippen LogP contribution in [-0.2, 0) is 11.2 Å². The van der Waals surface area contributed by atoms with Gasteiger partial charge in [-0.25, -0.2) is 0 Å². The fourth-order valence-electron chi connectivity index (χ4n) is 3.97. The zero-order valence-corrected chi connectivity index (χ0v) is 13.9. The topological polar surface area (TPSA) is 32.3 Å². The summed E-state index contributed by atoms with van der Waals surface area (Å²) in [5.41, 5.74) is 5.20. The van der Waals surface area contributed by atoms with Crippen molar-refractivity contribution in [3.63, 3.8) is 0 Å². The largest absolute Gasteiger partial charge is 0.313 e. The standard InChI is InChI=1S/C19H26N2O/c1-4-18-13(2)11-17-12-16(15-7-9-20-10-8-15)5-6-19(17)21(18)14(3)22/h5-7,12-13,18,20H,4,8-11H2,1-3H3/t13-,18+/m1/s1. The highest BCUT2D eigenvalue weighted by atomic mass is 16.2. The molecule has 2 aliphatic heterocycles. The Labute approximate surface area is 133 Å². The first-order valence-corrected chi connectivity index (χ1v) is 8.44. The number of carbonyl (C=O) groups excluding carboxylic acids is 1. The molecular formula is C19H26N2O. The molecule has 3 nitrogen and oxygen atoms in total. The van der Waals surface area contributed by atoms with Crippen LogP contribution in [0.15, 0.2) is 24.3 Å². The molecule has 0 saturated carbocycles. The second-order valence-corrected chi connectivity index (χ2v) is 6.57. The van der Waals surface area contributed by atoms with Crippen molar-refractivity contribution in [3.8, 4) is 0 Å². The van der Waals surface area contributed by atoms with Gasteiger partial charge in [-0.3, -0.25) is 4.79 Å². The van der Waals surface area contributed by atoms with Crippen molar-refractivity contribution in [2.24, 2.45) is 5.92 Å². The lowest BCUT2D eigenvalue weighted by molar-refractivity contribution is -0.117. The van der Waals surface area contributed by atoms with Crippen molar-refractivity contribution in [3.05, 3.63) is 35.4 Å². The number of fused-ring (bicyclic) bond motifs is 1.